The maximum Gasteiger partial charge on any atom is 0.220 e. The Bertz CT molecular complexity index is 349. The van der Waals surface area contributed by atoms with E-state index in [-0.39, 0.29) is 5.91 Å². The zero-order valence-electron chi connectivity index (χ0n) is 18.6. The SMILES string of the molecule is CC.CCNCCSSCOCCCCC(=O)NCCOC/C=C/[B]C(C)C. The number of hydrogen-bond donors (Lipinski definition) is 2. The van der Waals surface area contributed by atoms with E-state index in [0.717, 1.165) is 38.3 Å². The van der Waals surface area contributed by atoms with Gasteiger partial charge in [0.1, 0.15) is 13.2 Å². The lowest BCUT2D eigenvalue weighted by molar-refractivity contribution is -0.121. The van der Waals surface area contributed by atoms with Crippen molar-refractivity contribution in [2.45, 2.75) is 59.7 Å². The Kier molecular flexibility index (Phi) is 28.8. The molecule has 1 amide bonds. The van der Waals surface area contributed by atoms with Crippen molar-refractivity contribution < 1.29 is 14.3 Å². The molecule has 8 heteroatoms. The number of carbonyl (C=O) groups is 1. The maximum atomic E-state index is 11.7. The second-order valence-corrected chi connectivity index (χ2v) is 8.60. The number of amides is 1. The van der Waals surface area contributed by atoms with E-state index >= 15 is 0 Å². The van der Waals surface area contributed by atoms with Gasteiger partial charge in [-0.05, 0) is 19.4 Å². The first-order valence-corrected chi connectivity index (χ1v) is 13.0. The third-order valence-corrected chi connectivity index (χ3v) is 5.27. The summed E-state index contributed by atoms with van der Waals surface area (Å²) in [4.78, 5) is 11.7. The van der Waals surface area contributed by atoms with E-state index in [2.05, 4.69) is 38.7 Å². The molecule has 0 atom stereocenters. The van der Waals surface area contributed by atoms with Crippen LogP contribution in [-0.2, 0) is 14.3 Å². The van der Waals surface area contributed by atoms with Gasteiger partial charge in [0, 0.05) is 31.9 Å². The molecule has 2 N–H and O–H groups in total. The maximum absolute atomic E-state index is 11.7. The lowest BCUT2D eigenvalue weighted by Gasteiger charge is -2.06. The largest absolute Gasteiger partial charge is 0.376 e. The number of ether oxygens (including phenoxy) is 2. The topological polar surface area (TPSA) is 59.6 Å². The smallest absolute Gasteiger partial charge is 0.220 e. The van der Waals surface area contributed by atoms with Gasteiger partial charge in [-0.2, -0.15) is 0 Å². The van der Waals surface area contributed by atoms with E-state index in [1.807, 2.05) is 36.7 Å². The monoisotopic (exact) mass is 433 g/mol. The van der Waals surface area contributed by atoms with Crippen LogP contribution in [0.4, 0.5) is 0 Å². The molecule has 0 heterocycles. The molecule has 0 fully saturated rings. The van der Waals surface area contributed by atoms with Crippen LogP contribution >= 0.6 is 21.6 Å². The highest BCUT2D eigenvalue weighted by Gasteiger charge is 2.00. The van der Waals surface area contributed by atoms with Crippen molar-refractivity contribution >= 4 is 34.8 Å². The summed E-state index contributed by atoms with van der Waals surface area (Å²) in [7, 11) is 5.69. The summed E-state index contributed by atoms with van der Waals surface area (Å²) in [5.41, 5.74) is 0. The van der Waals surface area contributed by atoms with Crippen LogP contribution in [0.2, 0.25) is 5.82 Å². The summed E-state index contributed by atoms with van der Waals surface area (Å²) in [6.45, 7) is 14.9. The minimum atomic E-state index is 0.0886. The molecule has 5 nitrogen and oxygen atoms in total. The predicted molar refractivity (Wildman–Crippen MR) is 128 cm³/mol. The van der Waals surface area contributed by atoms with Gasteiger partial charge in [0.2, 0.25) is 5.91 Å². The van der Waals surface area contributed by atoms with Gasteiger partial charge in [0.15, 0.2) is 0 Å². The molecule has 0 spiro atoms. The molecule has 0 bridgehead atoms. The Hall–Kier alpha value is -0.145. The zero-order valence-corrected chi connectivity index (χ0v) is 20.3. The fourth-order valence-electron chi connectivity index (χ4n) is 1.82. The Morgan fingerprint density at radius 1 is 1.11 bits per heavy atom. The molecule has 0 aromatic heterocycles. The number of nitrogens with one attached hydrogen (secondary N) is 2. The highest BCUT2D eigenvalue weighted by Crippen LogP contribution is 2.20. The molecule has 0 aliphatic carbocycles. The number of unbranched alkanes of at least 4 members (excludes halogenated alkanes) is 1. The van der Waals surface area contributed by atoms with E-state index in [1.165, 1.54) is 0 Å². The molecular weight excluding hydrogens is 391 g/mol. The van der Waals surface area contributed by atoms with E-state index < -0.39 is 0 Å². The van der Waals surface area contributed by atoms with Gasteiger partial charge in [-0.1, -0.05) is 68.1 Å². The van der Waals surface area contributed by atoms with Crippen LogP contribution in [0.3, 0.4) is 0 Å². The van der Waals surface area contributed by atoms with Crippen LogP contribution in [0.25, 0.3) is 0 Å². The summed E-state index contributed by atoms with van der Waals surface area (Å²) >= 11 is 0. The lowest BCUT2D eigenvalue weighted by Crippen LogP contribution is -2.27. The van der Waals surface area contributed by atoms with Crippen LogP contribution in [-0.4, -0.2) is 64.3 Å². The van der Waals surface area contributed by atoms with Crippen LogP contribution in [0.1, 0.15) is 53.9 Å². The lowest BCUT2D eigenvalue weighted by atomic mass is 9.66. The summed E-state index contributed by atoms with van der Waals surface area (Å²) < 4.78 is 11.0. The van der Waals surface area contributed by atoms with Gasteiger partial charge >= 0.3 is 0 Å². The Morgan fingerprint density at radius 2 is 1.89 bits per heavy atom. The van der Waals surface area contributed by atoms with E-state index in [1.54, 1.807) is 10.8 Å². The Morgan fingerprint density at radius 3 is 2.61 bits per heavy atom. The molecule has 0 unspecified atom stereocenters. The second-order valence-electron chi connectivity index (χ2n) is 6.07. The number of hydrogen-bond acceptors (Lipinski definition) is 6. The molecular formula is C20H42BN2O3S2. The summed E-state index contributed by atoms with van der Waals surface area (Å²) in [5, 5.41) is 6.16. The summed E-state index contributed by atoms with van der Waals surface area (Å²) in [6.07, 6.45) is 4.32. The van der Waals surface area contributed by atoms with Gasteiger partial charge in [0.05, 0.1) is 13.2 Å². The molecule has 0 aromatic rings. The van der Waals surface area contributed by atoms with E-state index in [9.17, 15) is 4.79 Å². The van der Waals surface area contributed by atoms with Crippen LogP contribution in [0.15, 0.2) is 12.1 Å². The van der Waals surface area contributed by atoms with Gasteiger partial charge < -0.3 is 20.1 Å². The molecule has 0 saturated heterocycles. The standard InChI is InChI=1S/C18H36BN2O3S2.C2H6/c1-4-20-11-15-25-26-16-24-12-6-5-8-18(22)21-10-14-23-13-7-9-19-17(2)3;1-2/h7,9,17,20H,4-6,8,10-16H2,1-3H3,(H,21,22);1-2H3/b9-7+;. The van der Waals surface area contributed by atoms with Crippen molar-refractivity contribution in [2.24, 2.45) is 0 Å². The van der Waals surface area contributed by atoms with Crippen molar-refractivity contribution in [3.05, 3.63) is 12.1 Å². The Balaban J connectivity index is 0. The highest BCUT2D eigenvalue weighted by atomic mass is 33.1. The van der Waals surface area contributed by atoms with Crippen molar-refractivity contribution in [2.75, 3.05) is 51.1 Å². The van der Waals surface area contributed by atoms with Crippen molar-refractivity contribution in [3.63, 3.8) is 0 Å². The fourth-order valence-corrected chi connectivity index (χ4v) is 3.44. The van der Waals surface area contributed by atoms with Crippen molar-refractivity contribution in [3.8, 4) is 0 Å². The Labute approximate surface area is 182 Å². The normalized spacial score (nSPS) is 10.8. The molecule has 0 aliphatic rings. The molecule has 28 heavy (non-hydrogen) atoms. The second kappa shape index (κ2) is 26.9. The minimum Gasteiger partial charge on any atom is -0.376 e. The van der Waals surface area contributed by atoms with Gasteiger partial charge in [-0.15, -0.1) is 5.98 Å². The number of rotatable bonds is 19. The molecule has 1 radical (unpaired) electrons. The zero-order chi connectivity index (χ0) is 21.3. The van der Waals surface area contributed by atoms with Crippen molar-refractivity contribution in [1.82, 2.24) is 10.6 Å². The van der Waals surface area contributed by atoms with Crippen LogP contribution < -0.4 is 10.6 Å². The van der Waals surface area contributed by atoms with Crippen molar-refractivity contribution in [1.29, 1.82) is 0 Å². The molecule has 0 aromatic carbocycles. The van der Waals surface area contributed by atoms with Crippen LogP contribution in [0, 0.1) is 0 Å². The molecule has 0 rings (SSSR count). The fraction of sp³-hybridized carbons (Fsp3) is 0.850. The minimum absolute atomic E-state index is 0.0886. The molecule has 165 valence electrons. The first-order valence-electron chi connectivity index (χ1n) is 10.5. The number of carbonyl (C=O) groups excluding carboxylic acids is 1. The predicted octanol–water partition coefficient (Wildman–Crippen LogP) is 4.33. The van der Waals surface area contributed by atoms with Gasteiger partial charge in [-0.25, -0.2) is 0 Å². The summed E-state index contributed by atoms with van der Waals surface area (Å²) in [5.74, 6) is 4.47. The van der Waals surface area contributed by atoms with E-state index in [4.69, 9.17) is 9.47 Å². The average Bonchev–Trinajstić information content (AvgIpc) is 2.69. The average molecular weight is 434 g/mol. The van der Waals surface area contributed by atoms with Crippen LogP contribution in [0.5, 0.6) is 0 Å². The highest BCUT2D eigenvalue weighted by molar-refractivity contribution is 8.76. The van der Waals surface area contributed by atoms with E-state index in [0.29, 0.717) is 37.9 Å². The van der Waals surface area contributed by atoms with Gasteiger partial charge in [-0.3, -0.25) is 4.79 Å². The third kappa shape index (κ3) is 28.1. The first kappa shape index (κ1) is 30.1. The molecule has 0 saturated carbocycles. The quantitative estimate of drug-likeness (QED) is 0.137. The first-order chi connectivity index (χ1) is 13.7. The third-order valence-electron chi connectivity index (χ3n) is 3.18. The molecule has 0 aliphatic heterocycles. The summed E-state index contributed by atoms with van der Waals surface area (Å²) in [6, 6.07) is 0. The van der Waals surface area contributed by atoms with Gasteiger partial charge in [0.25, 0.3) is 0 Å².